The lowest BCUT2D eigenvalue weighted by molar-refractivity contribution is 0.0901. The number of ether oxygens (including phenoxy) is 1. The molecule has 1 unspecified atom stereocenters. The van der Waals surface area contributed by atoms with E-state index in [9.17, 15) is 4.79 Å². The quantitative estimate of drug-likeness (QED) is 0.791. The van der Waals surface area contributed by atoms with Crippen LogP contribution in [0.2, 0.25) is 0 Å². The van der Waals surface area contributed by atoms with Gasteiger partial charge in [0.1, 0.15) is 5.75 Å². The maximum absolute atomic E-state index is 12.6. The van der Waals surface area contributed by atoms with Gasteiger partial charge in [0.05, 0.1) is 12.0 Å². The molecular formula is C17H23NO2. The average molecular weight is 273 g/mol. The standard InChI is InChI=1S/C17H23NO2/c1-5-9-20-15-8-6-7-14-16(15)13(10-18-14)17(19)12(4)11(2)3/h6-8,10-12,18H,5,9H2,1-4H3. The van der Waals surface area contributed by atoms with Gasteiger partial charge in [0, 0.05) is 23.2 Å². The van der Waals surface area contributed by atoms with Crippen molar-refractivity contribution in [3.8, 4) is 5.75 Å². The number of Topliss-reactive ketones (excluding diaryl/α,β-unsaturated/α-hetero) is 1. The van der Waals surface area contributed by atoms with E-state index in [1.54, 1.807) is 0 Å². The Morgan fingerprint density at radius 2 is 2.05 bits per heavy atom. The summed E-state index contributed by atoms with van der Waals surface area (Å²) in [6.07, 6.45) is 2.76. The van der Waals surface area contributed by atoms with Gasteiger partial charge in [-0.1, -0.05) is 33.8 Å². The SMILES string of the molecule is CCCOc1cccc2[nH]cc(C(=O)C(C)C(C)C)c12. The highest BCUT2D eigenvalue weighted by Crippen LogP contribution is 2.31. The fraction of sp³-hybridized carbons (Fsp3) is 0.471. The van der Waals surface area contributed by atoms with Crippen LogP contribution in [-0.4, -0.2) is 17.4 Å². The molecule has 108 valence electrons. The molecule has 3 heteroatoms. The summed E-state index contributed by atoms with van der Waals surface area (Å²) in [5, 5.41) is 0.915. The van der Waals surface area contributed by atoms with Gasteiger partial charge < -0.3 is 9.72 Å². The summed E-state index contributed by atoms with van der Waals surface area (Å²) in [5.74, 6) is 1.31. The zero-order valence-corrected chi connectivity index (χ0v) is 12.7. The van der Waals surface area contributed by atoms with E-state index in [2.05, 4.69) is 25.8 Å². The Balaban J connectivity index is 2.46. The van der Waals surface area contributed by atoms with Gasteiger partial charge in [-0.05, 0) is 24.5 Å². The molecule has 0 amide bonds. The summed E-state index contributed by atoms with van der Waals surface area (Å²) in [7, 11) is 0. The van der Waals surface area contributed by atoms with E-state index in [0.29, 0.717) is 12.5 Å². The highest BCUT2D eigenvalue weighted by atomic mass is 16.5. The van der Waals surface area contributed by atoms with E-state index < -0.39 is 0 Å². The highest BCUT2D eigenvalue weighted by Gasteiger charge is 2.22. The van der Waals surface area contributed by atoms with Crippen molar-refractivity contribution in [3.63, 3.8) is 0 Å². The predicted molar refractivity (Wildman–Crippen MR) is 82.4 cm³/mol. The minimum atomic E-state index is 0.00762. The minimum absolute atomic E-state index is 0.00762. The van der Waals surface area contributed by atoms with Crippen LogP contribution in [0.3, 0.4) is 0 Å². The zero-order valence-electron chi connectivity index (χ0n) is 12.7. The van der Waals surface area contributed by atoms with Gasteiger partial charge in [-0.25, -0.2) is 0 Å². The number of benzene rings is 1. The Bertz CT molecular complexity index is 598. The fourth-order valence-corrected chi connectivity index (χ4v) is 2.23. The van der Waals surface area contributed by atoms with Crippen molar-refractivity contribution < 1.29 is 9.53 Å². The molecule has 1 aromatic heterocycles. The number of ketones is 1. The summed E-state index contributed by atoms with van der Waals surface area (Å²) in [5.41, 5.74) is 1.70. The summed E-state index contributed by atoms with van der Waals surface area (Å²) in [4.78, 5) is 15.8. The summed E-state index contributed by atoms with van der Waals surface area (Å²) in [6, 6.07) is 5.86. The lowest BCUT2D eigenvalue weighted by atomic mass is 9.89. The first-order valence-electron chi connectivity index (χ1n) is 7.33. The second-order valence-electron chi connectivity index (χ2n) is 5.63. The molecule has 0 fully saturated rings. The number of fused-ring (bicyclic) bond motifs is 1. The number of aromatic amines is 1. The van der Waals surface area contributed by atoms with Crippen LogP contribution < -0.4 is 4.74 Å². The molecule has 1 aromatic carbocycles. The van der Waals surface area contributed by atoms with Gasteiger partial charge in [0.25, 0.3) is 0 Å². The maximum Gasteiger partial charge on any atom is 0.168 e. The summed E-state index contributed by atoms with van der Waals surface area (Å²) >= 11 is 0. The Morgan fingerprint density at radius 1 is 1.30 bits per heavy atom. The largest absolute Gasteiger partial charge is 0.493 e. The van der Waals surface area contributed by atoms with E-state index in [0.717, 1.165) is 28.6 Å². The first-order valence-corrected chi connectivity index (χ1v) is 7.33. The van der Waals surface area contributed by atoms with Crippen molar-refractivity contribution in [3.05, 3.63) is 30.0 Å². The molecule has 1 N–H and O–H groups in total. The number of carbonyl (C=O) groups is 1. The molecule has 1 atom stereocenters. The molecule has 2 aromatic rings. The molecule has 0 aliphatic rings. The summed E-state index contributed by atoms with van der Waals surface area (Å²) in [6.45, 7) is 8.88. The van der Waals surface area contributed by atoms with Crippen molar-refractivity contribution >= 4 is 16.7 Å². The van der Waals surface area contributed by atoms with Crippen molar-refractivity contribution in [1.82, 2.24) is 4.98 Å². The van der Waals surface area contributed by atoms with Crippen LogP contribution in [0.15, 0.2) is 24.4 Å². The monoisotopic (exact) mass is 273 g/mol. The van der Waals surface area contributed by atoms with Crippen molar-refractivity contribution in [2.24, 2.45) is 11.8 Å². The lowest BCUT2D eigenvalue weighted by Crippen LogP contribution is -2.16. The van der Waals surface area contributed by atoms with Gasteiger partial charge in [-0.15, -0.1) is 0 Å². The van der Waals surface area contributed by atoms with E-state index in [4.69, 9.17) is 4.74 Å². The third-order valence-corrected chi connectivity index (χ3v) is 3.81. The Morgan fingerprint density at radius 3 is 2.70 bits per heavy atom. The van der Waals surface area contributed by atoms with Crippen LogP contribution in [0.5, 0.6) is 5.75 Å². The average Bonchev–Trinajstić information content (AvgIpc) is 2.87. The lowest BCUT2D eigenvalue weighted by Gasteiger charge is -2.14. The summed E-state index contributed by atoms with van der Waals surface area (Å²) < 4.78 is 5.79. The molecule has 0 bridgehead atoms. The van der Waals surface area contributed by atoms with Crippen LogP contribution in [0.1, 0.15) is 44.5 Å². The number of aromatic nitrogens is 1. The first-order chi connectivity index (χ1) is 9.56. The van der Waals surface area contributed by atoms with Crippen LogP contribution in [0.25, 0.3) is 10.9 Å². The molecule has 0 aliphatic heterocycles. The fourth-order valence-electron chi connectivity index (χ4n) is 2.23. The second kappa shape index (κ2) is 6.12. The molecular weight excluding hydrogens is 250 g/mol. The predicted octanol–water partition coefficient (Wildman–Crippen LogP) is 4.43. The first kappa shape index (κ1) is 14.6. The molecule has 0 spiro atoms. The normalized spacial score (nSPS) is 12.8. The van der Waals surface area contributed by atoms with Gasteiger partial charge in [0.2, 0.25) is 0 Å². The van der Waals surface area contributed by atoms with Crippen molar-refractivity contribution in [2.75, 3.05) is 6.61 Å². The second-order valence-corrected chi connectivity index (χ2v) is 5.63. The molecule has 1 heterocycles. The van der Waals surface area contributed by atoms with Crippen molar-refractivity contribution in [2.45, 2.75) is 34.1 Å². The number of nitrogens with one attached hydrogen (secondary N) is 1. The molecule has 20 heavy (non-hydrogen) atoms. The van der Waals surface area contributed by atoms with Gasteiger partial charge in [-0.2, -0.15) is 0 Å². The maximum atomic E-state index is 12.6. The van der Waals surface area contributed by atoms with Crippen LogP contribution in [-0.2, 0) is 0 Å². The van der Waals surface area contributed by atoms with Crippen LogP contribution in [0, 0.1) is 11.8 Å². The molecule has 0 aliphatic carbocycles. The van der Waals surface area contributed by atoms with E-state index >= 15 is 0 Å². The molecule has 3 nitrogen and oxygen atoms in total. The Labute approximate surface area is 120 Å². The molecule has 0 saturated heterocycles. The van der Waals surface area contributed by atoms with Gasteiger partial charge >= 0.3 is 0 Å². The van der Waals surface area contributed by atoms with E-state index in [-0.39, 0.29) is 11.7 Å². The van der Waals surface area contributed by atoms with Gasteiger partial charge in [0.15, 0.2) is 5.78 Å². The highest BCUT2D eigenvalue weighted by molar-refractivity contribution is 6.10. The van der Waals surface area contributed by atoms with Crippen LogP contribution in [0.4, 0.5) is 0 Å². The number of H-pyrrole nitrogens is 1. The third kappa shape index (κ3) is 2.72. The minimum Gasteiger partial charge on any atom is -0.493 e. The Hall–Kier alpha value is -1.77. The zero-order chi connectivity index (χ0) is 14.7. The molecule has 2 rings (SSSR count). The topological polar surface area (TPSA) is 42.1 Å². The van der Waals surface area contributed by atoms with Crippen molar-refractivity contribution in [1.29, 1.82) is 0 Å². The number of hydrogen-bond acceptors (Lipinski definition) is 2. The molecule has 0 saturated carbocycles. The Kier molecular flexibility index (Phi) is 4.48. The third-order valence-electron chi connectivity index (χ3n) is 3.81. The van der Waals surface area contributed by atoms with Gasteiger partial charge in [-0.3, -0.25) is 4.79 Å². The number of carbonyl (C=O) groups excluding carboxylic acids is 1. The van der Waals surface area contributed by atoms with E-state index in [1.807, 2.05) is 31.3 Å². The van der Waals surface area contributed by atoms with E-state index in [1.165, 1.54) is 0 Å². The number of hydrogen-bond donors (Lipinski definition) is 1. The molecule has 0 radical (unpaired) electrons. The number of rotatable bonds is 6. The smallest absolute Gasteiger partial charge is 0.168 e. The van der Waals surface area contributed by atoms with Crippen LogP contribution >= 0.6 is 0 Å².